The van der Waals surface area contributed by atoms with Crippen LogP contribution in [0.25, 0.3) is 0 Å². The van der Waals surface area contributed by atoms with Gasteiger partial charge in [0.1, 0.15) is 5.60 Å². The molecule has 1 aliphatic rings. The molecule has 88 valence electrons. The van der Waals surface area contributed by atoms with Crippen LogP contribution in [0.1, 0.15) is 25.3 Å². The second-order valence-electron chi connectivity index (χ2n) is 4.97. The van der Waals surface area contributed by atoms with Crippen molar-refractivity contribution in [1.82, 2.24) is 4.90 Å². The summed E-state index contributed by atoms with van der Waals surface area (Å²) in [5.41, 5.74) is 0.421. The van der Waals surface area contributed by atoms with Crippen LogP contribution in [0.2, 0.25) is 0 Å². The van der Waals surface area contributed by atoms with Gasteiger partial charge in [0.15, 0.2) is 0 Å². The van der Waals surface area contributed by atoms with Crippen molar-refractivity contribution in [3.05, 3.63) is 35.9 Å². The number of likely N-dealkylation sites (N-methyl/N-ethyl adjacent to an activating group) is 1. The van der Waals surface area contributed by atoms with Crippen LogP contribution >= 0.6 is 0 Å². The van der Waals surface area contributed by atoms with Crippen molar-refractivity contribution in [2.45, 2.75) is 25.4 Å². The highest BCUT2D eigenvalue weighted by atomic mass is 16.3. The van der Waals surface area contributed by atoms with Gasteiger partial charge >= 0.3 is 0 Å². The van der Waals surface area contributed by atoms with E-state index in [-0.39, 0.29) is 0 Å². The Hall–Kier alpha value is -0.860. The number of aliphatic hydroxyl groups is 1. The summed E-state index contributed by atoms with van der Waals surface area (Å²) in [6.45, 7) is 3.94. The van der Waals surface area contributed by atoms with Crippen LogP contribution in [0.15, 0.2) is 30.3 Å². The topological polar surface area (TPSA) is 23.5 Å². The van der Waals surface area contributed by atoms with E-state index in [1.807, 2.05) is 30.3 Å². The Morgan fingerprint density at radius 3 is 2.69 bits per heavy atom. The minimum Gasteiger partial charge on any atom is -0.383 e. The molecular formula is C14H21NO. The monoisotopic (exact) mass is 219 g/mol. The maximum absolute atomic E-state index is 10.9. The van der Waals surface area contributed by atoms with Crippen LogP contribution < -0.4 is 0 Å². The number of hydrogen-bond acceptors (Lipinski definition) is 2. The van der Waals surface area contributed by atoms with Gasteiger partial charge in [-0.1, -0.05) is 43.7 Å². The predicted octanol–water partition coefficient (Wildman–Crippen LogP) is 2.24. The molecule has 1 aromatic rings. The summed E-state index contributed by atoms with van der Waals surface area (Å²) in [7, 11) is 2.09. The fraction of sp³-hybridized carbons (Fsp3) is 0.571. The van der Waals surface area contributed by atoms with Crippen molar-refractivity contribution < 1.29 is 5.11 Å². The number of hydrogen-bond donors (Lipinski definition) is 1. The Morgan fingerprint density at radius 1 is 1.38 bits per heavy atom. The van der Waals surface area contributed by atoms with E-state index in [9.17, 15) is 5.11 Å². The number of nitrogens with zero attached hydrogens (tertiary/aromatic N) is 1. The molecular weight excluding hydrogens is 198 g/mol. The van der Waals surface area contributed by atoms with E-state index in [2.05, 4.69) is 18.9 Å². The second kappa shape index (κ2) is 4.56. The van der Waals surface area contributed by atoms with Crippen LogP contribution in [0, 0.1) is 5.92 Å². The van der Waals surface area contributed by atoms with Gasteiger partial charge in [-0.15, -0.1) is 0 Å². The predicted molar refractivity (Wildman–Crippen MR) is 66.2 cm³/mol. The summed E-state index contributed by atoms with van der Waals surface area (Å²) in [4.78, 5) is 2.23. The quantitative estimate of drug-likeness (QED) is 0.842. The van der Waals surface area contributed by atoms with Crippen molar-refractivity contribution in [2.24, 2.45) is 5.92 Å². The van der Waals surface area contributed by atoms with Crippen molar-refractivity contribution in [2.75, 3.05) is 20.1 Å². The molecule has 2 heteroatoms. The van der Waals surface area contributed by atoms with E-state index in [1.54, 1.807) is 0 Å². The zero-order valence-corrected chi connectivity index (χ0v) is 10.2. The third-order valence-corrected chi connectivity index (χ3v) is 3.63. The molecule has 16 heavy (non-hydrogen) atoms. The Bertz CT molecular complexity index is 338. The van der Waals surface area contributed by atoms with E-state index in [1.165, 1.54) is 0 Å². The Labute approximate surface area is 97.9 Å². The highest BCUT2D eigenvalue weighted by Gasteiger charge is 2.44. The zero-order chi connectivity index (χ0) is 11.6. The summed E-state index contributed by atoms with van der Waals surface area (Å²) in [6, 6.07) is 10.1. The molecule has 1 aliphatic heterocycles. The fourth-order valence-electron chi connectivity index (χ4n) is 2.86. The third-order valence-electron chi connectivity index (χ3n) is 3.63. The second-order valence-corrected chi connectivity index (χ2v) is 4.97. The molecule has 1 N–H and O–H groups in total. The van der Waals surface area contributed by atoms with Gasteiger partial charge in [-0.25, -0.2) is 0 Å². The van der Waals surface area contributed by atoms with Crippen LogP contribution in [0.5, 0.6) is 0 Å². The number of benzene rings is 1. The minimum absolute atomic E-state index is 0.366. The smallest absolute Gasteiger partial charge is 0.106 e. The van der Waals surface area contributed by atoms with Crippen LogP contribution in [-0.4, -0.2) is 30.1 Å². The van der Waals surface area contributed by atoms with Gasteiger partial charge in [-0.05, 0) is 19.0 Å². The van der Waals surface area contributed by atoms with E-state index in [0.29, 0.717) is 5.92 Å². The standard InChI is InChI=1S/C14H21NO/c1-3-7-13-10-15(2)11-14(13,16)12-8-5-4-6-9-12/h4-6,8-9,13,16H,3,7,10-11H2,1-2H3. The summed E-state index contributed by atoms with van der Waals surface area (Å²) in [5, 5.41) is 10.9. The van der Waals surface area contributed by atoms with E-state index in [0.717, 1.165) is 31.5 Å². The molecule has 2 nitrogen and oxygen atoms in total. The molecule has 1 fully saturated rings. The lowest BCUT2D eigenvalue weighted by molar-refractivity contribution is 0.00520. The van der Waals surface area contributed by atoms with Crippen LogP contribution in [0.3, 0.4) is 0 Å². The lowest BCUT2D eigenvalue weighted by Crippen LogP contribution is -2.34. The molecule has 0 amide bonds. The van der Waals surface area contributed by atoms with Gasteiger partial charge in [0.05, 0.1) is 0 Å². The first kappa shape index (κ1) is 11.6. The van der Waals surface area contributed by atoms with Gasteiger partial charge in [-0.3, -0.25) is 0 Å². The molecule has 1 aromatic carbocycles. The van der Waals surface area contributed by atoms with Crippen molar-refractivity contribution >= 4 is 0 Å². The summed E-state index contributed by atoms with van der Waals surface area (Å²) in [6.07, 6.45) is 2.23. The third kappa shape index (κ3) is 2.00. The normalized spacial score (nSPS) is 30.8. The Balaban J connectivity index is 2.28. The molecule has 1 saturated heterocycles. The van der Waals surface area contributed by atoms with Crippen molar-refractivity contribution in [3.63, 3.8) is 0 Å². The van der Waals surface area contributed by atoms with Gasteiger partial charge in [0, 0.05) is 19.0 Å². The summed E-state index contributed by atoms with van der Waals surface area (Å²) < 4.78 is 0. The Kier molecular flexibility index (Phi) is 3.31. The molecule has 0 aliphatic carbocycles. The number of rotatable bonds is 3. The average Bonchev–Trinajstić information content (AvgIpc) is 2.57. The SMILES string of the molecule is CCCC1CN(C)CC1(O)c1ccccc1. The highest BCUT2D eigenvalue weighted by molar-refractivity contribution is 5.25. The molecule has 0 bridgehead atoms. The summed E-state index contributed by atoms with van der Waals surface area (Å²) >= 11 is 0. The Morgan fingerprint density at radius 2 is 2.06 bits per heavy atom. The largest absolute Gasteiger partial charge is 0.383 e. The van der Waals surface area contributed by atoms with Crippen LogP contribution in [0.4, 0.5) is 0 Å². The van der Waals surface area contributed by atoms with E-state index in [4.69, 9.17) is 0 Å². The van der Waals surface area contributed by atoms with Crippen molar-refractivity contribution in [1.29, 1.82) is 0 Å². The average molecular weight is 219 g/mol. The lowest BCUT2D eigenvalue weighted by atomic mass is 9.82. The van der Waals surface area contributed by atoms with Crippen molar-refractivity contribution in [3.8, 4) is 0 Å². The highest BCUT2D eigenvalue weighted by Crippen LogP contribution is 2.38. The molecule has 2 atom stereocenters. The first-order valence-electron chi connectivity index (χ1n) is 6.13. The maximum Gasteiger partial charge on any atom is 0.106 e. The molecule has 2 unspecified atom stereocenters. The summed E-state index contributed by atoms with van der Waals surface area (Å²) in [5.74, 6) is 0.366. The van der Waals surface area contributed by atoms with E-state index >= 15 is 0 Å². The minimum atomic E-state index is -0.647. The van der Waals surface area contributed by atoms with E-state index < -0.39 is 5.60 Å². The van der Waals surface area contributed by atoms with Gasteiger partial charge in [0.25, 0.3) is 0 Å². The maximum atomic E-state index is 10.9. The first-order valence-corrected chi connectivity index (χ1v) is 6.13. The molecule has 0 aromatic heterocycles. The van der Waals surface area contributed by atoms with Crippen LogP contribution in [-0.2, 0) is 5.60 Å². The number of likely N-dealkylation sites (tertiary alicyclic amines) is 1. The molecule has 0 saturated carbocycles. The van der Waals surface area contributed by atoms with Gasteiger partial charge in [-0.2, -0.15) is 0 Å². The lowest BCUT2D eigenvalue weighted by Gasteiger charge is -2.29. The fourth-order valence-corrected chi connectivity index (χ4v) is 2.86. The molecule has 2 rings (SSSR count). The number of β-amino-alcohol motifs (C(OH)–C–C–N with tert-alkyl or cyclic N) is 1. The molecule has 0 radical (unpaired) electrons. The molecule has 0 spiro atoms. The first-order chi connectivity index (χ1) is 7.66. The molecule has 1 heterocycles. The zero-order valence-electron chi connectivity index (χ0n) is 10.2. The van der Waals surface area contributed by atoms with Gasteiger partial charge < -0.3 is 10.0 Å². The van der Waals surface area contributed by atoms with Gasteiger partial charge in [0.2, 0.25) is 0 Å².